The summed E-state index contributed by atoms with van der Waals surface area (Å²) in [7, 11) is 0. The Bertz CT molecular complexity index is 928. The fraction of sp³-hybridized carbons (Fsp3) is 0.190. The lowest BCUT2D eigenvalue weighted by molar-refractivity contribution is 0.102. The molecular weight excluding hydrogens is 376 g/mol. The molecule has 0 atom stereocenters. The van der Waals surface area contributed by atoms with Crippen molar-refractivity contribution in [3.8, 4) is 5.75 Å². The van der Waals surface area contributed by atoms with Crippen LogP contribution in [0.25, 0.3) is 0 Å². The van der Waals surface area contributed by atoms with Gasteiger partial charge in [-0.1, -0.05) is 35.9 Å². The van der Waals surface area contributed by atoms with Gasteiger partial charge in [0.2, 0.25) is 0 Å². The maximum atomic E-state index is 12.5. The SMILES string of the molecule is CC(C)Oc1ccccc1NC(=O)c1cnc(NCc2ccc(Cl)cc2)cn1. The molecule has 1 heterocycles. The van der Waals surface area contributed by atoms with Crippen molar-refractivity contribution in [3.63, 3.8) is 0 Å². The number of nitrogens with one attached hydrogen (secondary N) is 2. The lowest BCUT2D eigenvalue weighted by Gasteiger charge is -2.14. The Hall–Kier alpha value is -3.12. The largest absolute Gasteiger partial charge is 0.489 e. The first-order valence-corrected chi connectivity index (χ1v) is 9.26. The van der Waals surface area contributed by atoms with Crippen LogP contribution >= 0.6 is 11.6 Å². The van der Waals surface area contributed by atoms with Gasteiger partial charge in [-0.3, -0.25) is 4.79 Å². The molecule has 28 heavy (non-hydrogen) atoms. The summed E-state index contributed by atoms with van der Waals surface area (Å²) in [6, 6.07) is 14.8. The van der Waals surface area contributed by atoms with Gasteiger partial charge >= 0.3 is 0 Å². The van der Waals surface area contributed by atoms with Crippen LogP contribution < -0.4 is 15.4 Å². The highest BCUT2D eigenvalue weighted by molar-refractivity contribution is 6.30. The zero-order valence-electron chi connectivity index (χ0n) is 15.6. The number of anilines is 2. The molecule has 0 radical (unpaired) electrons. The van der Waals surface area contributed by atoms with Crippen LogP contribution in [-0.2, 0) is 6.54 Å². The van der Waals surface area contributed by atoms with E-state index in [4.69, 9.17) is 16.3 Å². The minimum atomic E-state index is -0.350. The molecule has 1 amide bonds. The smallest absolute Gasteiger partial charge is 0.275 e. The van der Waals surface area contributed by atoms with Gasteiger partial charge in [-0.25, -0.2) is 9.97 Å². The van der Waals surface area contributed by atoms with E-state index in [1.54, 1.807) is 6.07 Å². The predicted molar refractivity (Wildman–Crippen MR) is 111 cm³/mol. The summed E-state index contributed by atoms with van der Waals surface area (Å²) in [5.41, 5.74) is 1.87. The first kappa shape index (κ1) is 19.6. The highest BCUT2D eigenvalue weighted by Crippen LogP contribution is 2.25. The topological polar surface area (TPSA) is 76.1 Å². The zero-order chi connectivity index (χ0) is 19.9. The van der Waals surface area contributed by atoms with Crippen LogP contribution in [0.3, 0.4) is 0 Å². The Morgan fingerprint density at radius 2 is 1.82 bits per heavy atom. The van der Waals surface area contributed by atoms with E-state index < -0.39 is 0 Å². The molecule has 0 bridgehead atoms. The minimum Gasteiger partial charge on any atom is -0.489 e. The molecule has 144 valence electrons. The van der Waals surface area contributed by atoms with Gasteiger partial charge < -0.3 is 15.4 Å². The van der Waals surface area contributed by atoms with Crippen molar-refractivity contribution in [2.45, 2.75) is 26.5 Å². The van der Waals surface area contributed by atoms with Crippen molar-refractivity contribution < 1.29 is 9.53 Å². The van der Waals surface area contributed by atoms with Gasteiger partial charge in [-0.15, -0.1) is 0 Å². The van der Waals surface area contributed by atoms with Crippen LogP contribution in [0.5, 0.6) is 5.75 Å². The maximum absolute atomic E-state index is 12.5. The van der Waals surface area contributed by atoms with E-state index >= 15 is 0 Å². The van der Waals surface area contributed by atoms with Crippen LogP contribution in [0, 0.1) is 0 Å². The first-order chi connectivity index (χ1) is 13.5. The predicted octanol–water partition coefficient (Wildman–Crippen LogP) is 4.78. The zero-order valence-corrected chi connectivity index (χ0v) is 16.4. The summed E-state index contributed by atoms with van der Waals surface area (Å²) >= 11 is 5.88. The number of halogens is 1. The van der Waals surface area contributed by atoms with E-state index in [1.165, 1.54) is 12.4 Å². The van der Waals surface area contributed by atoms with Crippen molar-refractivity contribution in [1.29, 1.82) is 0 Å². The van der Waals surface area contributed by atoms with Crippen LogP contribution in [0.4, 0.5) is 11.5 Å². The maximum Gasteiger partial charge on any atom is 0.275 e. The van der Waals surface area contributed by atoms with E-state index in [0.717, 1.165) is 5.56 Å². The second kappa shape index (κ2) is 9.19. The first-order valence-electron chi connectivity index (χ1n) is 8.88. The number of benzene rings is 2. The Labute approximate surface area is 168 Å². The van der Waals surface area contributed by atoms with E-state index in [-0.39, 0.29) is 17.7 Å². The van der Waals surface area contributed by atoms with Gasteiger partial charge in [-0.2, -0.15) is 0 Å². The number of amides is 1. The normalized spacial score (nSPS) is 10.6. The van der Waals surface area contributed by atoms with E-state index in [2.05, 4.69) is 20.6 Å². The van der Waals surface area contributed by atoms with Crippen molar-refractivity contribution in [2.75, 3.05) is 10.6 Å². The van der Waals surface area contributed by atoms with Crippen LogP contribution in [0.15, 0.2) is 60.9 Å². The quantitative estimate of drug-likeness (QED) is 0.601. The second-order valence-corrected chi connectivity index (χ2v) is 6.82. The molecule has 3 aromatic rings. The number of nitrogens with zero attached hydrogens (tertiary/aromatic N) is 2. The molecule has 0 fully saturated rings. The number of carbonyl (C=O) groups is 1. The van der Waals surface area contributed by atoms with Gasteiger partial charge in [0.15, 0.2) is 0 Å². The molecule has 0 spiro atoms. The Morgan fingerprint density at radius 1 is 1.07 bits per heavy atom. The Morgan fingerprint density at radius 3 is 2.50 bits per heavy atom. The molecule has 2 N–H and O–H groups in total. The molecule has 6 nitrogen and oxygen atoms in total. The molecule has 0 aliphatic carbocycles. The monoisotopic (exact) mass is 396 g/mol. The lowest BCUT2D eigenvalue weighted by atomic mass is 10.2. The standard InChI is InChI=1S/C21H21ClN4O2/c1-14(2)28-19-6-4-3-5-17(19)26-21(27)18-12-25-20(13-23-18)24-11-15-7-9-16(22)10-8-15/h3-10,12-14H,11H2,1-2H3,(H,24,25)(H,26,27). The van der Waals surface area contributed by atoms with Gasteiger partial charge in [0, 0.05) is 11.6 Å². The summed E-state index contributed by atoms with van der Waals surface area (Å²) in [6.45, 7) is 4.44. The molecule has 1 aromatic heterocycles. The molecule has 3 rings (SSSR count). The van der Waals surface area contributed by atoms with Crippen LogP contribution in [0.1, 0.15) is 29.9 Å². The number of hydrogen-bond donors (Lipinski definition) is 2. The van der Waals surface area contributed by atoms with E-state index in [1.807, 2.05) is 56.3 Å². The lowest BCUT2D eigenvalue weighted by Crippen LogP contribution is -2.16. The second-order valence-electron chi connectivity index (χ2n) is 6.38. The summed E-state index contributed by atoms with van der Waals surface area (Å²) < 4.78 is 5.71. The molecular formula is C21H21ClN4O2. The number of aromatic nitrogens is 2. The molecule has 0 aliphatic rings. The van der Waals surface area contributed by atoms with E-state index in [0.29, 0.717) is 28.8 Å². The molecule has 0 saturated heterocycles. The van der Waals surface area contributed by atoms with Crippen molar-refractivity contribution in [2.24, 2.45) is 0 Å². The summed E-state index contributed by atoms with van der Waals surface area (Å²) in [5, 5.41) is 6.67. The number of rotatable bonds is 7. The van der Waals surface area contributed by atoms with Crippen LogP contribution in [0.2, 0.25) is 5.02 Å². The fourth-order valence-electron chi connectivity index (χ4n) is 2.44. The van der Waals surface area contributed by atoms with Crippen LogP contribution in [-0.4, -0.2) is 22.0 Å². The number of ether oxygens (including phenoxy) is 1. The average Bonchev–Trinajstić information content (AvgIpc) is 2.69. The van der Waals surface area contributed by atoms with Crippen molar-refractivity contribution in [1.82, 2.24) is 9.97 Å². The summed E-state index contributed by atoms with van der Waals surface area (Å²) in [4.78, 5) is 20.9. The summed E-state index contributed by atoms with van der Waals surface area (Å²) in [5.74, 6) is 0.839. The molecule has 0 unspecified atom stereocenters. The molecule has 2 aromatic carbocycles. The molecule has 0 saturated carbocycles. The van der Waals surface area contributed by atoms with E-state index in [9.17, 15) is 4.79 Å². The van der Waals surface area contributed by atoms with Crippen molar-refractivity contribution in [3.05, 3.63) is 77.2 Å². The third kappa shape index (κ3) is 5.44. The average molecular weight is 397 g/mol. The van der Waals surface area contributed by atoms with Gasteiger partial charge in [0.25, 0.3) is 5.91 Å². The number of para-hydroxylation sites is 2. The highest BCUT2D eigenvalue weighted by atomic mass is 35.5. The third-order valence-electron chi connectivity index (χ3n) is 3.77. The van der Waals surface area contributed by atoms with Gasteiger partial charge in [0.1, 0.15) is 17.3 Å². The molecule has 0 aliphatic heterocycles. The Balaban J connectivity index is 1.61. The number of carbonyl (C=O) groups excluding carboxylic acids is 1. The fourth-order valence-corrected chi connectivity index (χ4v) is 2.57. The Kier molecular flexibility index (Phi) is 6.45. The van der Waals surface area contributed by atoms with Crippen molar-refractivity contribution >= 4 is 29.0 Å². The third-order valence-corrected chi connectivity index (χ3v) is 4.02. The molecule has 7 heteroatoms. The number of hydrogen-bond acceptors (Lipinski definition) is 5. The summed E-state index contributed by atoms with van der Waals surface area (Å²) in [6.07, 6.45) is 2.97. The highest BCUT2D eigenvalue weighted by Gasteiger charge is 2.12. The van der Waals surface area contributed by atoms with Gasteiger partial charge in [-0.05, 0) is 43.7 Å². The minimum absolute atomic E-state index is 0.00356. The van der Waals surface area contributed by atoms with Gasteiger partial charge in [0.05, 0.1) is 24.2 Å².